The summed E-state index contributed by atoms with van der Waals surface area (Å²) in [4.78, 5) is 11.1. The second-order valence-corrected chi connectivity index (χ2v) is 8.34. The Kier molecular flexibility index (Phi) is 6.35. The van der Waals surface area contributed by atoms with Crippen LogP contribution in [0.4, 0.5) is 0 Å². The van der Waals surface area contributed by atoms with Crippen molar-refractivity contribution < 1.29 is 13.9 Å². The van der Waals surface area contributed by atoms with Crippen molar-refractivity contribution in [1.29, 1.82) is 0 Å². The quantitative estimate of drug-likeness (QED) is 0.427. The number of carbonyl (C=O) groups excluding carboxylic acids is 1. The maximum Gasteiger partial charge on any atom is 0.210 e. The van der Waals surface area contributed by atoms with Gasteiger partial charge in [0.25, 0.3) is 0 Å². The molecule has 2 aromatic heterocycles. The van der Waals surface area contributed by atoms with Gasteiger partial charge in [0.2, 0.25) is 5.69 Å². The van der Waals surface area contributed by atoms with Crippen molar-refractivity contribution >= 4 is 16.9 Å². The number of nitrogens with zero attached hydrogens (tertiary/aromatic N) is 2. The van der Waals surface area contributed by atoms with Gasteiger partial charge >= 0.3 is 0 Å². The third kappa shape index (κ3) is 5.22. The second-order valence-electron chi connectivity index (χ2n) is 7.19. The molecule has 2 heterocycles. The molecule has 0 radical (unpaired) electrons. The molecule has 0 spiro atoms. The predicted octanol–water partition coefficient (Wildman–Crippen LogP) is 4.75. The summed E-state index contributed by atoms with van der Waals surface area (Å²) in [5.41, 5.74) is 5.97. The molecule has 3 nitrogen and oxygen atoms in total. The van der Waals surface area contributed by atoms with Crippen molar-refractivity contribution in [2.75, 3.05) is 0 Å². The zero-order valence-corrected chi connectivity index (χ0v) is 17.8. The van der Waals surface area contributed by atoms with E-state index in [2.05, 4.69) is 94.6 Å². The highest BCUT2D eigenvalue weighted by atomic mass is 32.2. The molecule has 4 rings (SSSR count). The van der Waals surface area contributed by atoms with Crippen LogP contribution in [0.3, 0.4) is 0 Å². The van der Waals surface area contributed by atoms with Crippen molar-refractivity contribution in [3.8, 4) is 16.8 Å². The van der Waals surface area contributed by atoms with Crippen LogP contribution in [0.1, 0.15) is 18.1 Å². The van der Waals surface area contributed by atoms with Crippen molar-refractivity contribution in [3.63, 3.8) is 0 Å². The van der Waals surface area contributed by atoms with E-state index in [0.29, 0.717) is 0 Å². The lowest BCUT2D eigenvalue weighted by Crippen LogP contribution is -2.33. The number of aromatic nitrogens is 2. The molecule has 4 aromatic rings. The van der Waals surface area contributed by atoms with Crippen LogP contribution in [0.15, 0.2) is 104 Å². The van der Waals surface area contributed by atoms with Gasteiger partial charge in [0, 0.05) is 54.6 Å². The monoisotopic (exact) mass is 412 g/mol. The molecule has 0 unspecified atom stereocenters. The third-order valence-corrected chi connectivity index (χ3v) is 5.82. The van der Waals surface area contributed by atoms with Crippen LogP contribution in [-0.4, -0.2) is 5.12 Å². The number of carbonyl (C=O) groups is 1. The highest BCUT2D eigenvalue weighted by Crippen LogP contribution is 2.17. The Bertz CT molecular complexity index is 1110. The molecule has 2 aromatic carbocycles. The van der Waals surface area contributed by atoms with E-state index in [9.17, 15) is 4.79 Å². The largest absolute Gasteiger partial charge is 0.288 e. The van der Waals surface area contributed by atoms with Gasteiger partial charge in [-0.3, -0.25) is 4.79 Å². The molecular weight excluding hydrogens is 388 g/mol. The van der Waals surface area contributed by atoms with Gasteiger partial charge in [-0.1, -0.05) is 54.2 Å². The first-order chi connectivity index (χ1) is 14.7. The Labute approximate surface area is 181 Å². The summed E-state index contributed by atoms with van der Waals surface area (Å²) in [5.74, 6) is 0.735. The fraction of sp³-hybridized carbons (Fsp3) is 0.115. The van der Waals surface area contributed by atoms with Crippen molar-refractivity contribution in [2.24, 2.45) is 0 Å². The summed E-state index contributed by atoms with van der Waals surface area (Å²) in [6, 6.07) is 27.4. The summed E-state index contributed by atoms with van der Waals surface area (Å²) in [6.45, 7) is 2.43. The summed E-state index contributed by atoms with van der Waals surface area (Å²) in [6.07, 6.45) is 8.43. The highest BCUT2D eigenvalue weighted by molar-refractivity contribution is 8.12. The van der Waals surface area contributed by atoms with Crippen LogP contribution in [-0.2, 0) is 17.1 Å². The summed E-state index contributed by atoms with van der Waals surface area (Å²) in [7, 11) is 0. The average Bonchev–Trinajstić information content (AvgIpc) is 2.80. The third-order valence-electron chi connectivity index (χ3n) is 4.94. The topological polar surface area (TPSA) is 24.8 Å². The van der Waals surface area contributed by atoms with E-state index < -0.39 is 0 Å². The normalized spacial score (nSPS) is 10.7. The lowest BCUT2D eigenvalue weighted by molar-refractivity contribution is -0.688. The van der Waals surface area contributed by atoms with Crippen molar-refractivity contribution in [1.82, 2.24) is 0 Å². The van der Waals surface area contributed by atoms with E-state index in [1.165, 1.54) is 34.0 Å². The maximum absolute atomic E-state index is 11.1. The molecule has 30 heavy (non-hydrogen) atoms. The Morgan fingerprint density at radius 2 is 1.30 bits per heavy atom. The molecule has 0 aliphatic carbocycles. The van der Waals surface area contributed by atoms with Crippen LogP contribution < -0.4 is 9.13 Å². The molecule has 148 valence electrons. The first kappa shape index (κ1) is 20.0. The molecule has 0 bridgehead atoms. The summed E-state index contributed by atoms with van der Waals surface area (Å²) in [5, 5.41) is 0.156. The molecule has 0 amide bonds. The van der Waals surface area contributed by atoms with Crippen LogP contribution in [0.2, 0.25) is 0 Å². The van der Waals surface area contributed by atoms with E-state index in [1.807, 2.05) is 18.2 Å². The number of hydrogen-bond acceptors (Lipinski definition) is 2. The SMILES string of the molecule is CC(=O)SCc1ccc(C[n+]2ccc(-c3cc[n+](-c4ccccc4)cc3)cc2)cc1. The molecule has 4 heteroatoms. The second kappa shape index (κ2) is 9.51. The van der Waals surface area contributed by atoms with E-state index >= 15 is 0 Å². The lowest BCUT2D eigenvalue weighted by Gasteiger charge is -2.03. The number of para-hydroxylation sites is 1. The first-order valence-electron chi connectivity index (χ1n) is 9.95. The molecule has 0 fully saturated rings. The Balaban J connectivity index is 1.41. The first-order valence-corrected chi connectivity index (χ1v) is 10.9. The van der Waals surface area contributed by atoms with Gasteiger partial charge in [0.1, 0.15) is 0 Å². The Morgan fingerprint density at radius 1 is 0.733 bits per heavy atom. The highest BCUT2D eigenvalue weighted by Gasteiger charge is 2.08. The van der Waals surface area contributed by atoms with Gasteiger partial charge in [-0.2, -0.15) is 4.57 Å². The summed E-state index contributed by atoms with van der Waals surface area (Å²) >= 11 is 1.35. The number of pyridine rings is 2. The lowest BCUT2D eigenvalue weighted by atomic mass is 10.1. The molecular formula is C26H24N2OS+2. The molecule has 0 saturated carbocycles. The van der Waals surface area contributed by atoms with Gasteiger partial charge in [-0.05, 0) is 16.7 Å². The minimum Gasteiger partial charge on any atom is -0.288 e. The number of hydrogen-bond donors (Lipinski definition) is 0. The number of rotatable bonds is 6. The number of benzene rings is 2. The van der Waals surface area contributed by atoms with Gasteiger partial charge in [0.15, 0.2) is 36.4 Å². The zero-order chi connectivity index (χ0) is 20.8. The molecule has 0 N–H and O–H groups in total. The van der Waals surface area contributed by atoms with E-state index in [0.717, 1.165) is 18.0 Å². The van der Waals surface area contributed by atoms with Gasteiger partial charge in [0.05, 0.1) is 0 Å². The van der Waals surface area contributed by atoms with Crippen molar-refractivity contribution in [3.05, 3.63) is 115 Å². The standard InChI is InChI=1S/C26H24N2OS/c1-21(29)30-20-23-9-7-22(8-10-23)19-27-15-11-24(12-16-27)25-13-17-28(18-14-25)26-5-3-2-4-6-26/h2-18H,19-20H2,1H3/q+2. The van der Waals surface area contributed by atoms with E-state index in [1.54, 1.807) is 6.92 Å². The van der Waals surface area contributed by atoms with Crippen LogP contribution in [0.5, 0.6) is 0 Å². The summed E-state index contributed by atoms with van der Waals surface area (Å²) < 4.78 is 4.29. The molecule has 0 aliphatic rings. The van der Waals surface area contributed by atoms with E-state index in [4.69, 9.17) is 0 Å². The van der Waals surface area contributed by atoms with Gasteiger partial charge in [-0.15, -0.1) is 0 Å². The van der Waals surface area contributed by atoms with Crippen LogP contribution >= 0.6 is 11.8 Å². The van der Waals surface area contributed by atoms with Crippen LogP contribution in [0.25, 0.3) is 16.8 Å². The van der Waals surface area contributed by atoms with Gasteiger partial charge in [-0.25, -0.2) is 4.57 Å². The average molecular weight is 413 g/mol. The smallest absolute Gasteiger partial charge is 0.210 e. The van der Waals surface area contributed by atoms with Crippen molar-refractivity contribution in [2.45, 2.75) is 19.2 Å². The molecule has 0 saturated heterocycles. The fourth-order valence-corrected chi connectivity index (χ4v) is 3.85. The minimum absolute atomic E-state index is 0.156. The molecule has 0 aliphatic heterocycles. The minimum atomic E-state index is 0.156. The number of thioether (sulfide) groups is 1. The van der Waals surface area contributed by atoms with E-state index in [-0.39, 0.29) is 5.12 Å². The zero-order valence-electron chi connectivity index (χ0n) is 16.9. The Hall–Kier alpha value is -3.24. The predicted molar refractivity (Wildman–Crippen MR) is 121 cm³/mol. The maximum atomic E-state index is 11.1. The Morgan fingerprint density at radius 3 is 1.90 bits per heavy atom. The molecule has 0 atom stereocenters. The van der Waals surface area contributed by atoms with Gasteiger partial charge < -0.3 is 0 Å². The van der Waals surface area contributed by atoms with Crippen LogP contribution in [0, 0.1) is 0 Å². The fourth-order valence-electron chi connectivity index (χ4n) is 3.28.